The number of benzene rings is 3. The summed E-state index contributed by atoms with van der Waals surface area (Å²) in [6, 6.07) is 20.7. The molecule has 3 aromatic carbocycles. The van der Waals surface area contributed by atoms with Crippen LogP contribution in [0.3, 0.4) is 0 Å². The van der Waals surface area contributed by atoms with Crippen LogP contribution in [0.1, 0.15) is 84.5 Å². The van der Waals surface area contributed by atoms with Crippen molar-refractivity contribution in [2.45, 2.75) is 83.1 Å². The molecule has 2 heterocycles. The summed E-state index contributed by atoms with van der Waals surface area (Å²) < 4.78 is 13.2. The molecule has 3 N–H and O–H groups in total. The molecular formula is C43H51ClN6O2. The van der Waals surface area contributed by atoms with Gasteiger partial charge in [-0.25, -0.2) is 0 Å². The van der Waals surface area contributed by atoms with Gasteiger partial charge in [-0.3, -0.25) is 9.67 Å². The van der Waals surface area contributed by atoms with Gasteiger partial charge < -0.3 is 20.5 Å². The van der Waals surface area contributed by atoms with Crippen LogP contribution >= 0.6 is 11.6 Å². The quantitative estimate of drug-likeness (QED) is 0.0733. The van der Waals surface area contributed by atoms with Crippen molar-refractivity contribution in [3.05, 3.63) is 117 Å². The van der Waals surface area contributed by atoms with Crippen LogP contribution in [0.5, 0.6) is 11.5 Å². The molecule has 272 valence electrons. The molecule has 5 aromatic rings. The molecule has 0 saturated heterocycles. The number of rotatable bonds is 17. The average Bonchev–Trinajstić information content (AvgIpc) is 3.60. The van der Waals surface area contributed by atoms with Crippen LogP contribution in [-0.2, 0) is 32.2 Å². The molecule has 8 nitrogen and oxygen atoms in total. The van der Waals surface area contributed by atoms with E-state index in [1.54, 1.807) is 19.8 Å². The van der Waals surface area contributed by atoms with Crippen molar-refractivity contribution in [3.63, 3.8) is 0 Å². The number of pyridine rings is 1. The van der Waals surface area contributed by atoms with Gasteiger partial charge >= 0.3 is 0 Å². The molecule has 2 bridgehead atoms. The highest BCUT2D eigenvalue weighted by Crippen LogP contribution is 2.47. The van der Waals surface area contributed by atoms with Gasteiger partial charge in [-0.2, -0.15) is 0 Å². The Bertz CT molecular complexity index is 2010. The average molecular weight is 719 g/mol. The molecule has 2 unspecified atom stereocenters. The molecule has 2 aliphatic rings. The maximum absolute atomic E-state index is 6.75. The van der Waals surface area contributed by atoms with E-state index in [9.17, 15) is 0 Å². The fraction of sp³-hybridized carbons (Fsp3) is 0.419. The number of nitrogens with two attached hydrogens (primary N) is 1. The monoisotopic (exact) mass is 718 g/mol. The van der Waals surface area contributed by atoms with Gasteiger partial charge in [0.05, 0.1) is 25.4 Å². The Morgan fingerprint density at radius 2 is 1.69 bits per heavy atom. The van der Waals surface area contributed by atoms with Gasteiger partial charge in [-0.05, 0) is 143 Å². The summed E-state index contributed by atoms with van der Waals surface area (Å²) in [5.41, 5.74) is 17.5. The first-order valence-corrected chi connectivity index (χ1v) is 19.3. The largest absolute Gasteiger partial charge is 0.493 e. The Kier molecular flexibility index (Phi) is 11.7. The lowest BCUT2D eigenvalue weighted by Gasteiger charge is -2.36. The van der Waals surface area contributed by atoms with E-state index in [2.05, 4.69) is 70.4 Å². The van der Waals surface area contributed by atoms with E-state index < -0.39 is 0 Å². The molecule has 9 heteroatoms. The number of unbranched alkanes of at least 4 members (excludes halogenated alkanes) is 2. The van der Waals surface area contributed by atoms with Crippen LogP contribution in [0.15, 0.2) is 78.5 Å². The molecule has 2 aromatic heterocycles. The van der Waals surface area contributed by atoms with Crippen molar-refractivity contribution in [2.24, 2.45) is 5.92 Å². The van der Waals surface area contributed by atoms with Crippen LogP contribution in [0.2, 0.25) is 5.02 Å². The molecule has 0 amide bonds. The minimum atomic E-state index is 0.463. The number of nitrogen functional groups attached to an aromatic ring is 1. The number of ether oxygens (including phenoxy) is 2. The lowest BCUT2D eigenvalue weighted by Crippen LogP contribution is -2.24. The van der Waals surface area contributed by atoms with Gasteiger partial charge in [0.15, 0.2) is 11.5 Å². The zero-order chi connectivity index (χ0) is 35.9. The van der Waals surface area contributed by atoms with Crippen molar-refractivity contribution in [3.8, 4) is 11.5 Å². The van der Waals surface area contributed by atoms with Gasteiger partial charge in [-0.1, -0.05) is 58.8 Å². The highest BCUT2D eigenvalue weighted by atomic mass is 35.5. The van der Waals surface area contributed by atoms with Crippen molar-refractivity contribution in [1.29, 1.82) is 0 Å². The van der Waals surface area contributed by atoms with Crippen molar-refractivity contribution < 1.29 is 9.47 Å². The normalized spacial score (nSPS) is 16.5. The molecular weight excluding hydrogens is 668 g/mol. The van der Waals surface area contributed by atoms with Crippen LogP contribution in [0.4, 0.5) is 5.69 Å². The summed E-state index contributed by atoms with van der Waals surface area (Å²) >= 11 is 6.25. The van der Waals surface area contributed by atoms with E-state index in [4.69, 9.17) is 31.8 Å². The summed E-state index contributed by atoms with van der Waals surface area (Å²) in [5.74, 6) is 2.57. The molecule has 0 saturated carbocycles. The number of nitrogens with one attached hydrogen (secondary N) is 1. The third-order valence-corrected chi connectivity index (χ3v) is 11.0. The number of hydrogen-bond donors (Lipinski definition) is 2. The summed E-state index contributed by atoms with van der Waals surface area (Å²) in [7, 11) is 3.39. The lowest BCUT2D eigenvalue weighted by molar-refractivity contribution is 0.354. The summed E-state index contributed by atoms with van der Waals surface area (Å²) in [6.07, 6.45) is 16.2. The lowest BCUT2D eigenvalue weighted by atomic mass is 9.70. The van der Waals surface area contributed by atoms with Crippen molar-refractivity contribution in [1.82, 2.24) is 25.3 Å². The van der Waals surface area contributed by atoms with E-state index in [0.717, 1.165) is 118 Å². The van der Waals surface area contributed by atoms with E-state index >= 15 is 0 Å². The maximum Gasteiger partial charge on any atom is 0.161 e. The van der Waals surface area contributed by atoms with Crippen molar-refractivity contribution >= 4 is 28.2 Å². The Hall–Kier alpha value is -4.40. The second-order valence-corrected chi connectivity index (χ2v) is 14.9. The highest BCUT2D eigenvalue weighted by Gasteiger charge is 2.33. The molecule has 52 heavy (non-hydrogen) atoms. The minimum Gasteiger partial charge on any atom is -0.493 e. The molecule has 2 atom stereocenters. The zero-order valence-corrected chi connectivity index (χ0v) is 31.3. The first kappa shape index (κ1) is 36.0. The SMILES string of the molecule is COc1cc(CCNCCCCc2cn(CCCCC3=CC4Cc5nc6cc(Cl)ccc6c(N)c5C(C3)C4)nn2)c(Cc2ccccc2)cc1OC. The molecule has 0 spiro atoms. The van der Waals surface area contributed by atoms with E-state index in [1.807, 2.05) is 22.9 Å². The van der Waals surface area contributed by atoms with Gasteiger partial charge in [-0.15, -0.1) is 5.10 Å². The predicted octanol–water partition coefficient (Wildman–Crippen LogP) is 8.67. The van der Waals surface area contributed by atoms with Crippen LogP contribution < -0.4 is 20.5 Å². The van der Waals surface area contributed by atoms with Gasteiger partial charge in [0.1, 0.15) is 0 Å². The Labute approximate surface area is 312 Å². The van der Waals surface area contributed by atoms with E-state index in [-0.39, 0.29) is 0 Å². The third-order valence-electron chi connectivity index (χ3n) is 10.8. The Morgan fingerprint density at radius 1 is 0.885 bits per heavy atom. The summed E-state index contributed by atoms with van der Waals surface area (Å²) in [4.78, 5) is 5.00. The number of aryl methyl sites for hydroxylation is 2. The fourth-order valence-corrected chi connectivity index (χ4v) is 8.41. The zero-order valence-electron chi connectivity index (χ0n) is 30.5. The number of nitrogens with zero attached hydrogens (tertiary/aromatic N) is 4. The summed E-state index contributed by atoms with van der Waals surface area (Å²) in [5, 5.41) is 14.3. The second kappa shape index (κ2) is 17.0. The molecule has 0 radical (unpaired) electrons. The molecule has 2 aliphatic carbocycles. The maximum atomic E-state index is 6.75. The van der Waals surface area contributed by atoms with E-state index in [0.29, 0.717) is 16.9 Å². The van der Waals surface area contributed by atoms with Crippen LogP contribution in [-0.4, -0.2) is 47.3 Å². The minimum absolute atomic E-state index is 0.463. The third kappa shape index (κ3) is 8.62. The number of anilines is 1. The smallest absolute Gasteiger partial charge is 0.161 e. The van der Waals surface area contributed by atoms with Gasteiger partial charge in [0.25, 0.3) is 0 Å². The first-order chi connectivity index (χ1) is 25.5. The van der Waals surface area contributed by atoms with Crippen LogP contribution in [0, 0.1) is 5.92 Å². The van der Waals surface area contributed by atoms with E-state index in [1.165, 1.54) is 34.4 Å². The number of aromatic nitrogens is 4. The topological polar surface area (TPSA) is 100 Å². The predicted molar refractivity (Wildman–Crippen MR) is 211 cm³/mol. The van der Waals surface area contributed by atoms with Crippen LogP contribution in [0.25, 0.3) is 10.9 Å². The fourth-order valence-electron chi connectivity index (χ4n) is 8.24. The Balaban J connectivity index is 0.809. The highest BCUT2D eigenvalue weighted by molar-refractivity contribution is 6.31. The van der Waals surface area contributed by atoms with Gasteiger partial charge in [0, 0.05) is 40.1 Å². The summed E-state index contributed by atoms with van der Waals surface area (Å²) in [6.45, 7) is 2.80. The van der Waals surface area contributed by atoms with Gasteiger partial charge in [0.2, 0.25) is 0 Å². The standard InChI is InChI=1S/C43H51ClN6O2/c1-51-40-25-32(33(26-41(40)52-2)21-29-10-4-3-5-11-29)16-18-46-17-8-6-13-36-28-50(49-48-36)19-9-7-12-30-20-31-23-34(22-30)42-39(24-31)47-38-27-35(44)14-15-37(38)43(42)45/h3-5,10-11,14-15,20,25-28,31,34,46H,6-9,12-13,16-19,21-24H2,1-2H3,(H2,45,47). The number of methoxy groups -OCH3 is 2. The Morgan fingerprint density at radius 3 is 2.52 bits per heavy atom. The number of halogens is 1. The number of hydrogen-bond acceptors (Lipinski definition) is 7. The van der Waals surface area contributed by atoms with Crippen molar-refractivity contribution in [2.75, 3.05) is 33.0 Å². The molecule has 0 fully saturated rings. The first-order valence-electron chi connectivity index (χ1n) is 18.9. The second-order valence-electron chi connectivity index (χ2n) is 14.5. The molecule has 7 rings (SSSR count). The number of fused-ring (bicyclic) bond motifs is 5. The number of allylic oxidation sites excluding steroid dienone is 2. The molecule has 0 aliphatic heterocycles.